The normalized spacial score (nSPS) is 11.0. The molecule has 0 aliphatic heterocycles. The Kier molecular flexibility index (Phi) is 4.60. The molecule has 5 rings (SSSR count). The average molecular weight is 411 g/mol. The molecule has 0 bridgehead atoms. The van der Waals surface area contributed by atoms with E-state index in [0.717, 1.165) is 10.2 Å². The van der Waals surface area contributed by atoms with Crippen LogP contribution in [0.2, 0.25) is 0 Å². The first-order valence-corrected chi connectivity index (χ1v) is 9.60. The molecule has 31 heavy (non-hydrogen) atoms. The highest BCUT2D eigenvalue weighted by Gasteiger charge is 2.15. The molecule has 0 saturated heterocycles. The molecular weight excluding hydrogens is 394 g/mol. The number of nitrogens with one attached hydrogen (secondary N) is 2. The number of H-pyrrole nitrogens is 1. The van der Waals surface area contributed by atoms with Gasteiger partial charge in [-0.05, 0) is 24.3 Å². The lowest BCUT2D eigenvalue weighted by atomic mass is 10.1. The number of aromatic nitrogens is 6. The third kappa shape index (κ3) is 3.60. The van der Waals surface area contributed by atoms with E-state index in [-0.39, 0.29) is 18.1 Å². The van der Waals surface area contributed by atoms with Crippen LogP contribution in [0.5, 0.6) is 0 Å². The number of hydrogen-bond acceptors (Lipinski definition) is 5. The van der Waals surface area contributed by atoms with Gasteiger partial charge in [-0.15, -0.1) is 5.10 Å². The predicted octanol–water partition coefficient (Wildman–Crippen LogP) is 2.59. The van der Waals surface area contributed by atoms with Crippen molar-refractivity contribution >= 4 is 17.2 Å². The van der Waals surface area contributed by atoms with Crippen molar-refractivity contribution in [2.75, 3.05) is 5.32 Å². The zero-order valence-electron chi connectivity index (χ0n) is 16.3. The third-order valence-corrected chi connectivity index (χ3v) is 4.76. The van der Waals surface area contributed by atoms with Crippen molar-refractivity contribution in [1.29, 1.82) is 0 Å². The molecule has 0 aliphatic carbocycles. The van der Waals surface area contributed by atoms with E-state index in [2.05, 4.69) is 25.6 Å². The summed E-state index contributed by atoms with van der Waals surface area (Å²) in [7, 11) is 0. The minimum atomic E-state index is -0.374. The molecule has 0 saturated carbocycles. The van der Waals surface area contributed by atoms with Gasteiger partial charge in [0.05, 0.1) is 5.69 Å². The summed E-state index contributed by atoms with van der Waals surface area (Å²) in [5.74, 6) is 0.716. The molecule has 3 aromatic heterocycles. The first-order chi connectivity index (χ1) is 15.2. The maximum atomic E-state index is 12.7. The number of carbonyl (C=O) groups excluding carboxylic acids is 1. The van der Waals surface area contributed by atoms with Crippen LogP contribution in [0.3, 0.4) is 0 Å². The molecule has 152 valence electrons. The SMILES string of the molecule is O=C(Cn1nc2ccccn2c1=O)Nc1ccccc1-c1nc(-c2ccccc2)n[nH]1. The molecule has 9 heteroatoms. The van der Waals surface area contributed by atoms with Gasteiger partial charge in [0, 0.05) is 17.3 Å². The van der Waals surface area contributed by atoms with E-state index in [1.54, 1.807) is 30.5 Å². The topological polar surface area (TPSA) is 110 Å². The van der Waals surface area contributed by atoms with Crippen LogP contribution in [0.1, 0.15) is 0 Å². The van der Waals surface area contributed by atoms with Crippen molar-refractivity contribution in [2.24, 2.45) is 0 Å². The predicted molar refractivity (Wildman–Crippen MR) is 115 cm³/mol. The van der Waals surface area contributed by atoms with Gasteiger partial charge in [0.15, 0.2) is 17.3 Å². The highest BCUT2D eigenvalue weighted by atomic mass is 16.2. The van der Waals surface area contributed by atoms with Gasteiger partial charge in [-0.25, -0.2) is 14.5 Å². The molecule has 0 spiro atoms. The van der Waals surface area contributed by atoms with Crippen LogP contribution in [-0.2, 0) is 11.3 Å². The van der Waals surface area contributed by atoms with Crippen LogP contribution >= 0.6 is 0 Å². The number of hydrogen-bond donors (Lipinski definition) is 2. The molecule has 0 atom stereocenters. The number of nitrogens with zero attached hydrogens (tertiary/aromatic N) is 5. The minimum Gasteiger partial charge on any atom is -0.324 e. The number of aromatic amines is 1. The molecule has 0 unspecified atom stereocenters. The number of benzene rings is 2. The van der Waals surface area contributed by atoms with Crippen molar-refractivity contribution in [3.8, 4) is 22.8 Å². The summed E-state index contributed by atoms with van der Waals surface area (Å²) in [6, 6.07) is 22.1. The monoisotopic (exact) mass is 411 g/mol. The molecule has 9 nitrogen and oxygen atoms in total. The molecular formula is C22H17N7O2. The van der Waals surface area contributed by atoms with E-state index in [0.29, 0.717) is 28.5 Å². The van der Waals surface area contributed by atoms with E-state index in [1.807, 2.05) is 48.5 Å². The number of pyridine rings is 1. The van der Waals surface area contributed by atoms with E-state index in [4.69, 9.17) is 0 Å². The number of anilines is 1. The van der Waals surface area contributed by atoms with Crippen LogP contribution in [0.15, 0.2) is 83.8 Å². The van der Waals surface area contributed by atoms with Gasteiger partial charge in [0.25, 0.3) is 0 Å². The van der Waals surface area contributed by atoms with Gasteiger partial charge < -0.3 is 5.32 Å². The van der Waals surface area contributed by atoms with Gasteiger partial charge in [0.2, 0.25) is 5.91 Å². The summed E-state index contributed by atoms with van der Waals surface area (Å²) >= 11 is 0. The first kappa shape index (κ1) is 18.5. The van der Waals surface area contributed by atoms with E-state index < -0.39 is 0 Å². The lowest BCUT2D eigenvalue weighted by Crippen LogP contribution is -2.28. The van der Waals surface area contributed by atoms with Crippen molar-refractivity contribution in [1.82, 2.24) is 29.4 Å². The smallest absolute Gasteiger partial charge is 0.324 e. The van der Waals surface area contributed by atoms with E-state index in [9.17, 15) is 9.59 Å². The second-order valence-electron chi connectivity index (χ2n) is 6.84. The van der Waals surface area contributed by atoms with Gasteiger partial charge >= 0.3 is 5.69 Å². The van der Waals surface area contributed by atoms with Gasteiger partial charge in [-0.1, -0.05) is 48.5 Å². The van der Waals surface area contributed by atoms with Gasteiger partial charge in [-0.2, -0.15) is 5.10 Å². The second kappa shape index (κ2) is 7.71. The highest BCUT2D eigenvalue weighted by Crippen LogP contribution is 2.26. The average Bonchev–Trinajstić information content (AvgIpc) is 3.41. The number of rotatable bonds is 5. The second-order valence-corrected chi connectivity index (χ2v) is 6.84. The van der Waals surface area contributed by atoms with Crippen LogP contribution in [0.4, 0.5) is 5.69 Å². The summed E-state index contributed by atoms with van der Waals surface area (Å²) in [4.78, 5) is 29.6. The quantitative estimate of drug-likeness (QED) is 0.462. The first-order valence-electron chi connectivity index (χ1n) is 9.60. The van der Waals surface area contributed by atoms with Gasteiger partial charge in [0.1, 0.15) is 6.54 Å². The Morgan fingerprint density at radius 3 is 2.58 bits per heavy atom. The molecule has 1 amide bonds. The molecule has 5 aromatic rings. The number of amides is 1. The largest absolute Gasteiger partial charge is 0.350 e. The Morgan fingerprint density at radius 1 is 0.968 bits per heavy atom. The Morgan fingerprint density at radius 2 is 1.74 bits per heavy atom. The molecule has 0 fully saturated rings. The van der Waals surface area contributed by atoms with Gasteiger partial charge in [-0.3, -0.25) is 14.3 Å². The molecule has 2 N–H and O–H groups in total. The summed E-state index contributed by atoms with van der Waals surface area (Å²) in [6.07, 6.45) is 1.61. The lowest BCUT2D eigenvalue weighted by Gasteiger charge is -2.09. The molecule has 3 heterocycles. The van der Waals surface area contributed by atoms with Crippen molar-refractivity contribution in [3.63, 3.8) is 0 Å². The zero-order valence-corrected chi connectivity index (χ0v) is 16.3. The third-order valence-electron chi connectivity index (χ3n) is 4.76. The number of carbonyl (C=O) groups is 1. The Hall–Kier alpha value is -4.53. The number of fused-ring (bicyclic) bond motifs is 1. The maximum absolute atomic E-state index is 12.7. The lowest BCUT2D eigenvalue weighted by molar-refractivity contribution is -0.117. The molecule has 0 aliphatic rings. The number of para-hydroxylation sites is 1. The fraction of sp³-hybridized carbons (Fsp3) is 0.0455. The fourth-order valence-corrected chi connectivity index (χ4v) is 3.29. The van der Waals surface area contributed by atoms with Crippen molar-refractivity contribution in [2.45, 2.75) is 6.54 Å². The summed E-state index contributed by atoms with van der Waals surface area (Å²) < 4.78 is 2.52. The van der Waals surface area contributed by atoms with Crippen LogP contribution in [0.25, 0.3) is 28.4 Å². The minimum absolute atomic E-state index is 0.208. The molecule has 2 aromatic carbocycles. The van der Waals surface area contributed by atoms with E-state index >= 15 is 0 Å². The Bertz CT molecular complexity index is 1430. The summed E-state index contributed by atoms with van der Waals surface area (Å²) in [5, 5.41) is 14.2. The van der Waals surface area contributed by atoms with Crippen molar-refractivity contribution in [3.05, 3.63) is 89.5 Å². The standard InChI is InChI=1S/C22H17N7O2/c30-19(14-29-22(31)28-13-7-6-12-18(28)27-29)23-17-11-5-4-10-16(17)21-24-20(25-26-21)15-8-2-1-3-9-15/h1-13H,14H2,(H,23,30)(H,24,25,26). The van der Waals surface area contributed by atoms with Crippen LogP contribution < -0.4 is 11.0 Å². The van der Waals surface area contributed by atoms with E-state index in [1.165, 1.54) is 4.40 Å². The molecule has 0 radical (unpaired) electrons. The Balaban J connectivity index is 1.39. The zero-order chi connectivity index (χ0) is 21.2. The highest BCUT2D eigenvalue weighted by molar-refractivity contribution is 5.94. The summed E-state index contributed by atoms with van der Waals surface area (Å²) in [5.41, 5.74) is 2.24. The van der Waals surface area contributed by atoms with Crippen LogP contribution in [-0.4, -0.2) is 35.3 Å². The summed E-state index contributed by atoms with van der Waals surface area (Å²) in [6.45, 7) is -0.208. The van der Waals surface area contributed by atoms with Crippen molar-refractivity contribution < 1.29 is 4.79 Å². The maximum Gasteiger partial charge on any atom is 0.350 e. The fourth-order valence-electron chi connectivity index (χ4n) is 3.29. The van der Waals surface area contributed by atoms with Crippen LogP contribution in [0, 0.1) is 0 Å². The Labute approximate surface area is 176 Å².